The number of hydrogen-bond donors (Lipinski definition) is 1. The largest absolute Gasteiger partial charge is 0.383 e. The quantitative estimate of drug-likeness (QED) is 0.661. The predicted octanol–water partition coefficient (Wildman–Crippen LogP) is 1.83. The molecule has 2 aromatic rings. The van der Waals surface area contributed by atoms with Crippen LogP contribution in [0.1, 0.15) is 11.3 Å². The molecule has 0 fully saturated rings. The Kier molecular flexibility index (Phi) is 1.65. The first-order chi connectivity index (χ1) is 6.20. The van der Waals surface area contributed by atoms with Gasteiger partial charge in [-0.15, -0.1) is 0 Å². The van der Waals surface area contributed by atoms with Crippen LogP contribution in [0.4, 0.5) is 5.82 Å². The Morgan fingerprint density at radius 3 is 2.77 bits per heavy atom. The second-order valence-electron chi connectivity index (χ2n) is 3.13. The average molecular weight is 173 g/mol. The Bertz CT molecular complexity index is 463. The summed E-state index contributed by atoms with van der Waals surface area (Å²) in [6, 6.07) is 1.89. The molecule has 0 spiro atoms. The van der Waals surface area contributed by atoms with Crippen LogP contribution >= 0.6 is 0 Å². The maximum Gasteiger partial charge on any atom is 0.131 e. The molecule has 0 saturated carbocycles. The third-order valence-electron chi connectivity index (χ3n) is 2.33. The molecule has 0 amide bonds. The smallest absolute Gasteiger partial charge is 0.131 e. The van der Waals surface area contributed by atoms with E-state index in [1.807, 2.05) is 26.1 Å². The Morgan fingerprint density at radius 2 is 2.00 bits per heavy atom. The Hall–Kier alpha value is -1.64. The molecule has 66 valence electrons. The zero-order valence-corrected chi connectivity index (χ0v) is 7.70. The van der Waals surface area contributed by atoms with Gasteiger partial charge in [-0.1, -0.05) is 0 Å². The molecule has 2 rings (SSSR count). The predicted molar refractivity (Wildman–Crippen MR) is 53.4 cm³/mol. The number of fused-ring (bicyclic) bond motifs is 1. The highest BCUT2D eigenvalue weighted by molar-refractivity contribution is 5.92. The lowest BCUT2D eigenvalue weighted by Gasteiger charge is -2.06. The molecule has 0 atom stereocenters. The molecule has 2 N–H and O–H groups in total. The van der Waals surface area contributed by atoms with Gasteiger partial charge in [0.25, 0.3) is 0 Å². The van der Waals surface area contributed by atoms with Crippen LogP contribution in [-0.2, 0) is 0 Å². The monoisotopic (exact) mass is 173 g/mol. The topological polar surface area (TPSA) is 51.8 Å². The fourth-order valence-corrected chi connectivity index (χ4v) is 1.44. The molecule has 0 aliphatic carbocycles. The maximum atomic E-state index is 5.79. The van der Waals surface area contributed by atoms with Gasteiger partial charge in [0.1, 0.15) is 5.82 Å². The highest BCUT2D eigenvalue weighted by atomic mass is 14.8. The zero-order chi connectivity index (χ0) is 9.42. The minimum Gasteiger partial charge on any atom is -0.383 e. The van der Waals surface area contributed by atoms with Gasteiger partial charge in [-0.25, -0.2) is 4.98 Å². The summed E-state index contributed by atoms with van der Waals surface area (Å²) in [5.41, 5.74) is 7.91. The third-order valence-corrected chi connectivity index (χ3v) is 2.33. The van der Waals surface area contributed by atoms with Crippen LogP contribution in [-0.4, -0.2) is 9.97 Å². The van der Waals surface area contributed by atoms with Gasteiger partial charge in [0.05, 0.1) is 0 Å². The Morgan fingerprint density at radius 1 is 1.23 bits per heavy atom. The summed E-state index contributed by atoms with van der Waals surface area (Å²) < 4.78 is 0. The molecule has 0 aromatic carbocycles. The first-order valence-electron chi connectivity index (χ1n) is 4.16. The lowest BCUT2D eigenvalue weighted by molar-refractivity contribution is 1.18. The third kappa shape index (κ3) is 1.13. The van der Waals surface area contributed by atoms with E-state index >= 15 is 0 Å². The van der Waals surface area contributed by atoms with Gasteiger partial charge in [-0.3, -0.25) is 4.98 Å². The van der Waals surface area contributed by atoms with Gasteiger partial charge in [0, 0.05) is 28.9 Å². The Balaban J connectivity index is 2.97. The van der Waals surface area contributed by atoms with Gasteiger partial charge >= 0.3 is 0 Å². The fraction of sp³-hybridized carbons (Fsp3) is 0.200. The lowest BCUT2D eigenvalue weighted by atomic mass is 10.1. The van der Waals surface area contributed by atoms with Crippen molar-refractivity contribution in [3.05, 3.63) is 29.7 Å². The number of nitrogens with zero attached hydrogens (tertiary/aromatic N) is 2. The molecule has 0 aliphatic heterocycles. The normalized spacial score (nSPS) is 10.6. The second-order valence-corrected chi connectivity index (χ2v) is 3.13. The van der Waals surface area contributed by atoms with E-state index in [2.05, 4.69) is 9.97 Å². The minimum atomic E-state index is 0.584. The number of nitrogen functional groups attached to an aromatic ring is 1. The van der Waals surface area contributed by atoms with E-state index in [1.54, 1.807) is 6.20 Å². The first-order valence-corrected chi connectivity index (χ1v) is 4.16. The van der Waals surface area contributed by atoms with E-state index in [4.69, 9.17) is 5.73 Å². The van der Waals surface area contributed by atoms with E-state index in [0.29, 0.717) is 5.82 Å². The van der Waals surface area contributed by atoms with Crippen LogP contribution in [0.2, 0.25) is 0 Å². The second kappa shape index (κ2) is 2.69. The van der Waals surface area contributed by atoms with Crippen LogP contribution < -0.4 is 5.73 Å². The van der Waals surface area contributed by atoms with Crippen molar-refractivity contribution in [3.8, 4) is 0 Å². The summed E-state index contributed by atoms with van der Waals surface area (Å²) in [6.07, 6.45) is 3.56. The van der Waals surface area contributed by atoms with Gasteiger partial charge in [-0.2, -0.15) is 0 Å². The summed E-state index contributed by atoms with van der Waals surface area (Å²) in [5, 5.41) is 2.07. The molecule has 3 nitrogen and oxygen atoms in total. The number of aromatic nitrogens is 2. The number of aryl methyl sites for hydroxylation is 2. The number of nitrogens with two attached hydrogens (primary N) is 1. The summed E-state index contributed by atoms with van der Waals surface area (Å²) in [7, 11) is 0. The molecular weight excluding hydrogens is 162 g/mol. The van der Waals surface area contributed by atoms with Gasteiger partial charge in [0.2, 0.25) is 0 Å². The highest BCUT2D eigenvalue weighted by Crippen LogP contribution is 2.22. The number of pyridine rings is 2. The maximum absolute atomic E-state index is 5.79. The fourth-order valence-electron chi connectivity index (χ4n) is 1.44. The van der Waals surface area contributed by atoms with Crippen molar-refractivity contribution in [2.75, 3.05) is 5.73 Å². The molecule has 0 bridgehead atoms. The van der Waals surface area contributed by atoms with Gasteiger partial charge in [-0.05, 0) is 25.5 Å². The Labute approximate surface area is 76.6 Å². The molecule has 0 saturated heterocycles. The molecule has 13 heavy (non-hydrogen) atoms. The molecule has 0 unspecified atom stereocenters. The van der Waals surface area contributed by atoms with Crippen molar-refractivity contribution >= 4 is 16.6 Å². The zero-order valence-electron chi connectivity index (χ0n) is 7.70. The molecule has 2 heterocycles. The van der Waals surface area contributed by atoms with Crippen molar-refractivity contribution in [1.29, 1.82) is 0 Å². The first kappa shape index (κ1) is 7.98. The van der Waals surface area contributed by atoms with Crippen molar-refractivity contribution in [3.63, 3.8) is 0 Å². The number of rotatable bonds is 0. The molecular formula is C10H11N3. The van der Waals surface area contributed by atoms with E-state index < -0.39 is 0 Å². The van der Waals surface area contributed by atoms with E-state index in [9.17, 15) is 0 Å². The van der Waals surface area contributed by atoms with Crippen molar-refractivity contribution in [1.82, 2.24) is 9.97 Å². The average Bonchev–Trinajstić information content (AvgIpc) is 2.15. The van der Waals surface area contributed by atoms with Crippen LogP contribution in [0.15, 0.2) is 18.5 Å². The van der Waals surface area contributed by atoms with Crippen LogP contribution in [0.3, 0.4) is 0 Å². The van der Waals surface area contributed by atoms with Crippen molar-refractivity contribution in [2.45, 2.75) is 13.8 Å². The minimum absolute atomic E-state index is 0.584. The van der Waals surface area contributed by atoms with Crippen LogP contribution in [0.5, 0.6) is 0 Å². The molecule has 0 radical (unpaired) electrons. The van der Waals surface area contributed by atoms with Crippen LogP contribution in [0, 0.1) is 13.8 Å². The lowest BCUT2D eigenvalue weighted by Crippen LogP contribution is -1.97. The molecule has 0 aliphatic rings. The molecule has 3 heteroatoms. The van der Waals surface area contributed by atoms with Gasteiger partial charge < -0.3 is 5.73 Å². The van der Waals surface area contributed by atoms with E-state index in [1.165, 1.54) is 0 Å². The number of anilines is 1. The van der Waals surface area contributed by atoms with E-state index in [0.717, 1.165) is 22.0 Å². The van der Waals surface area contributed by atoms with Crippen molar-refractivity contribution < 1.29 is 0 Å². The number of hydrogen-bond acceptors (Lipinski definition) is 3. The van der Waals surface area contributed by atoms with E-state index in [-0.39, 0.29) is 0 Å². The molecule has 2 aromatic heterocycles. The summed E-state index contributed by atoms with van der Waals surface area (Å²) in [6.45, 7) is 3.99. The SMILES string of the molecule is Cc1nc(N)c2ccncc2c1C. The summed E-state index contributed by atoms with van der Waals surface area (Å²) in [4.78, 5) is 8.32. The standard InChI is InChI=1S/C10H11N3/c1-6-7(2)13-10(11)8-3-4-12-5-9(6)8/h3-5H,1-2H3,(H2,11,13). The summed E-state index contributed by atoms with van der Waals surface area (Å²) >= 11 is 0. The summed E-state index contributed by atoms with van der Waals surface area (Å²) in [5.74, 6) is 0.584. The highest BCUT2D eigenvalue weighted by Gasteiger charge is 2.04. The van der Waals surface area contributed by atoms with Crippen LogP contribution in [0.25, 0.3) is 10.8 Å². The van der Waals surface area contributed by atoms with Gasteiger partial charge in [0.15, 0.2) is 0 Å². The van der Waals surface area contributed by atoms with Crippen molar-refractivity contribution in [2.24, 2.45) is 0 Å².